The van der Waals surface area contributed by atoms with E-state index >= 15 is 0 Å². The molecule has 0 bridgehead atoms. The Kier molecular flexibility index (Phi) is 6.35. The molecule has 15 heteroatoms. The molecule has 4 rings (SSSR count). The lowest BCUT2D eigenvalue weighted by molar-refractivity contribution is -0.167. The summed E-state index contributed by atoms with van der Waals surface area (Å²) in [5.74, 6) is -5.14. The fourth-order valence-electron chi connectivity index (χ4n) is 3.91. The molecule has 196 valence electrons. The van der Waals surface area contributed by atoms with Gasteiger partial charge in [0.15, 0.2) is 0 Å². The third-order valence-corrected chi connectivity index (χ3v) is 5.56. The summed E-state index contributed by atoms with van der Waals surface area (Å²) in [6.45, 7) is 1.28. The molecule has 2 N–H and O–H groups in total. The van der Waals surface area contributed by atoms with E-state index in [-0.39, 0.29) is 28.5 Å². The quantitative estimate of drug-likeness (QED) is 0.461. The molecule has 0 spiro atoms. The van der Waals surface area contributed by atoms with Crippen LogP contribution >= 0.6 is 0 Å². The van der Waals surface area contributed by atoms with Gasteiger partial charge in [0.05, 0.1) is 22.8 Å². The predicted molar refractivity (Wildman–Crippen MR) is 118 cm³/mol. The maximum atomic E-state index is 13.4. The minimum atomic E-state index is -5.31. The Morgan fingerprint density at radius 3 is 2.29 bits per heavy atom. The van der Waals surface area contributed by atoms with E-state index in [2.05, 4.69) is 10.1 Å². The number of allylic oxidation sites excluding steroid dienone is 1. The van der Waals surface area contributed by atoms with Crippen LogP contribution in [-0.4, -0.2) is 37.9 Å². The van der Waals surface area contributed by atoms with Crippen molar-refractivity contribution in [3.63, 3.8) is 0 Å². The highest BCUT2D eigenvalue weighted by molar-refractivity contribution is 5.94. The molecule has 1 aromatic heterocycles. The number of aliphatic carboxylic acids is 1. The van der Waals surface area contributed by atoms with Crippen molar-refractivity contribution >= 4 is 29.5 Å². The van der Waals surface area contributed by atoms with Gasteiger partial charge < -0.3 is 5.11 Å². The molecular weight excluding hydrogens is 522 g/mol. The number of fused-ring (bicyclic) bond motifs is 1. The number of hydrogen-bond donors (Lipinski definition) is 2. The fraction of sp³-hybridized carbons (Fsp3) is 0.174. The zero-order chi connectivity index (χ0) is 28.0. The van der Waals surface area contributed by atoms with E-state index in [1.54, 1.807) is 0 Å². The number of halogens is 6. The number of alkyl halides is 6. The van der Waals surface area contributed by atoms with Crippen molar-refractivity contribution in [2.24, 2.45) is 0 Å². The smallest absolute Gasteiger partial charge is 0.471 e. The SMILES string of the molecule is CC1=C(C(=O)O)C(c2ccc(C#N)cc2)n2nc(NC(=O)C(F)(F)F)nc2N1c1cccc(C(F)(F)F)c1. The number of nitriles is 1. The summed E-state index contributed by atoms with van der Waals surface area (Å²) in [4.78, 5) is 28.8. The zero-order valence-corrected chi connectivity index (χ0v) is 19.0. The van der Waals surface area contributed by atoms with Crippen LogP contribution in [0.3, 0.4) is 0 Å². The van der Waals surface area contributed by atoms with E-state index in [1.807, 2.05) is 6.07 Å². The molecule has 2 heterocycles. The lowest BCUT2D eigenvalue weighted by Crippen LogP contribution is -2.34. The number of amides is 1. The van der Waals surface area contributed by atoms with Crippen molar-refractivity contribution < 1.29 is 41.0 Å². The molecule has 9 nitrogen and oxygen atoms in total. The van der Waals surface area contributed by atoms with Crippen molar-refractivity contribution in [3.8, 4) is 6.07 Å². The average Bonchev–Trinajstić information content (AvgIpc) is 3.24. The van der Waals surface area contributed by atoms with E-state index < -0.39 is 47.4 Å². The van der Waals surface area contributed by atoms with Crippen molar-refractivity contribution in [2.75, 3.05) is 10.2 Å². The summed E-state index contributed by atoms with van der Waals surface area (Å²) in [6, 6.07) is 9.83. The van der Waals surface area contributed by atoms with E-state index in [0.717, 1.165) is 21.7 Å². The number of rotatable bonds is 4. The van der Waals surface area contributed by atoms with Crippen LogP contribution in [0.1, 0.15) is 29.7 Å². The number of carboxylic acid groups (broad SMARTS) is 1. The van der Waals surface area contributed by atoms with Crippen LogP contribution in [0.2, 0.25) is 0 Å². The molecule has 3 aromatic rings. The highest BCUT2D eigenvalue weighted by Gasteiger charge is 2.42. The number of aromatic nitrogens is 3. The topological polar surface area (TPSA) is 124 Å². The second-order valence-electron chi connectivity index (χ2n) is 7.96. The molecule has 1 atom stereocenters. The van der Waals surface area contributed by atoms with Gasteiger partial charge in [-0.3, -0.25) is 15.0 Å². The van der Waals surface area contributed by atoms with Gasteiger partial charge in [-0.25, -0.2) is 9.48 Å². The number of hydrogen-bond acceptors (Lipinski definition) is 6. The number of carbonyl (C=O) groups excluding carboxylic acids is 1. The maximum Gasteiger partial charge on any atom is 0.471 e. The van der Waals surface area contributed by atoms with Crippen molar-refractivity contribution in [1.82, 2.24) is 14.8 Å². The number of nitrogens with zero attached hydrogens (tertiary/aromatic N) is 5. The van der Waals surface area contributed by atoms with E-state index in [9.17, 15) is 41.0 Å². The minimum Gasteiger partial charge on any atom is -0.478 e. The monoisotopic (exact) mass is 536 g/mol. The largest absolute Gasteiger partial charge is 0.478 e. The first kappa shape index (κ1) is 26.2. The molecule has 1 aliphatic rings. The van der Waals surface area contributed by atoms with Crippen molar-refractivity contribution in [1.29, 1.82) is 5.26 Å². The fourth-order valence-corrected chi connectivity index (χ4v) is 3.91. The first-order valence-corrected chi connectivity index (χ1v) is 10.5. The number of benzene rings is 2. The van der Waals surface area contributed by atoms with Gasteiger partial charge in [-0.1, -0.05) is 18.2 Å². The molecule has 0 saturated carbocycles. The zero-order valence-electron chi connectivity index (χ0n) is 19.0. The van der Waals surface area contributed by atoms with Crippen molar-refractivity contribution in [3.05, 3.63) is 76.5 Å². The lowest BCUT2D eigenvalue weighted by Gasteiger charge is -2.35. The van der Waals surface area contributed by atoms with Crippen LogP contribution in [0.15, 0.2) is 59.8 Å². The van der Waals surface area contributed by atoms with E-state index in [1.165, 1.54) is 42.6 Å². The molecule has 0 saturated heterocycles. The average molecular weight is 536 g/mol. The van der Waals surface area contributed by atoms with Crippen LogP contribution in [0.4, 0.5) is 43.9 Å². The highest BCUT2D eigenvalue weighted by atomic mass is 19.4. The molecule has 0 radical (unpaired) electrons. The Bertz CT molecular complexity index is 1500. The van der Waals surface area contributed by atoms with Gasteiger partial charge in [0.1, 0.15) is 6.04 Å². The summed E-state index contributed by atoms with van der Waals surface area (Å²) in [6.07, 6.45) is -10.1. The summed E-state index contributed by atoms with van der Waals surface area (Å²) in [5, 5.41) is 24.5. The van der Waals surface area contributed by atoms with Gasteiger partial charge in [-0.15, -0.1) is 5.10 Å². The van der Waals surface area contributed by atoms with Crippen LogP contribution in [-0.2, 0) is 15.8 Å². The second-order valence-corrected chi connectivity index (χ2v) is 7.96. The van der Waals surface area contributed by atoms with Gasteiger partial charge in [0.25, 0.3) is 5.95 Å². The van der Waals surface area contributed by atoms with Gasteiger partial charge in [-0.05, 0) is 42.8 Å². The van der Waals surface area contributed by atoms with Gasteiger partial charge >= 0.3 is 24.2 Å². The molecule has 0 aliphatic carbocycles. The lowest BCUT2D eigenvalue weighted by atomic mass is 9.94. The number of carbonyl (C=O) groups is 2. The molecule has 0 fully saturated rings. The highest BCUT2D eigenvalue weighted by Crippen LogP contribution is 2.43. The minimum absolute atomic E-state index is 0.111. The van der Waals surface area contributed by atoms with Crippen LogP contribution in [0.5, 0.6) is 0 Å². The Morgan fingerprint density at radius 1 is 1.08 bits per heavy atom. The molecule has 2 aromatic carbocycles. The Balaban J connectivity index is 1.97. The summed E-state index contributed by atoms with van der Waals surface area (Å²) >= 11 is 0. The predicted octanol–water partition coefficient (Wildman–Crippen LogP) is 4.77. The molecular formula is C23H14F6N6O3. The van der Waals surface area contributed by atoms with Crippen LogP contribution in [0.25, 0.3) is 0 Å². The summed E-state index contributed by atoms with van der Waals surface area (Å²) in [5.41, 5.74) is -1.34. The standard InChI is InChI=1S/C23H14F6N6O3/c1-11-16(18(36)37)17(13-7-5-12(10-30)6-8-13)35-21(32-20(33-35)31-19(38)23(27,28)29)34(11)15-4-2-3-14(9-15)22(24,25)26/h2-9,17H,1H3,(H,36,37)(H,31,33,38). The number of nitrogens with one attached hydrogen (secondary N) is 1. The Labute approximate surface area is 209 Å². The summed E-state index contributed by atoms with van der Waals surface area (Å²) in [7, 11) is 0. The third-order valence-electron chi connectivity index (χ3n) is 5.56. The van der Waals surface area contributed by atoms with Gasteiger partial charge in [0, 0.05) is 11.4 Å². The van der Waals surface area contributed by atoms with E-state index in [4.69, 9.17) is 5.26 Å². The molecule has 1 unspecified atom stereocenters. The third kappa shape index (κ3) is 4.75. The molecule has 1 amide bonds. The van der Waals surface area contributed by atoms with Crippen LogP contribution < -0.4 is 10.2 Å². The second kappa shape index (κ2) is 9.21. The molecule has 38 heavy (non-hydrogen) atoms. The molecule has 1 aliphatic heterocycles. The van der Waals surface area contributed by atoms with Crippen LogP contribution in [0, 0.1) is 11.3 Å². The van der Waals surface area contributed by atoms with Crippen molar-refractivity contribution in [2.45, 2.75) is 25.3 Å². The van der Waals surface area contributed by atoms with Gasteiger partial charge in [0.2, 0.25) is 5.95 Å². The Hall–Kier alpha value is -4.87. The first-order chi connectivity index (χ1) is 17.7. The number of carboxylic acids is 1. The maximum absolute atomic E-state index is 13.4. The normalized spacial score (nSPS) is 15.6. The first-order valence-electron chi connectivity index (χ1n) is 10.5. The summed E-state index contributed by atoms with van der Waals surface area (Å²) < 4.78 is 79.7. The van der Waals surface area contributed by atoms with Gasteiger partial charge in [-0.2, -0.15) is 36.6 Å². The Morgan fingerprint density at radius 2 is 1.74 bits per heavy atom. The number of anilines is 3. The van der Waals surface area contributed by atoms with E-state index in [0.29, 0.717) is 6.07 Å².